The highest BCUT2D eigenvalue weighted by Crippen LogP contribution is 2.29. The first-order valence-corrected chi connectivity index (χ1v) is 6.07. The maximum Gasteiger partial charge on any atom is 0.129 e. The first-order chi connectivity index (χ1) is 8.49. The Kier molecular flexibility index (Phi) is 3.69. The zero-order chi connectivity index (χ0) is 13.3. The van der Waals surface area contributed by atoms with E-state index in [1.54, 1.807) is 0 Å². The predicted molar refractivity (Wildman–Crippen MR) is 71.4 cm³/mol. The molecule has 94 valence electrons. The third-order valence-corrected chi connectivity index (χ3v) is 3.21. The van der Waals surface area contributed by atoms with Gasteiger partial charge in [0.25, 0.3) is 0 Å². The molecule has 1 N–H and O–H groups in total. The molecule has 1 atom stereocenters. The Morgan fingerprint density at radius 2 is 1.78 bits per heavy atom. The summed E-state index contributed by atoms with van der Waals surface area (Å²) in [7, 11) is 0. The SMILES string of the molecule is Cc1ccc(C(O)c2cc(Cl)ccc2F)c(C)c1. The number of rotatable bonds is 2. The van der Waals surface area contributed by atoms with Crippen LogP contribution in [0.25, 0.3) is 0 Å². The lowest BCUT2D eigenvalue weighted by molar-refractivity contribution is 0.214. The summed E-state index contributed by atoms with van der Waals surface area (Å²) in [5.41, 5.74) is 2.94. The molecule has 0 radical (unpaired) electrons. The summed E-state index contributed by atoms with van der Waals surface area (Å²) in [5.74, 6) is -0.452. The van der Waals surface area contributed by atoms with Crippen LogP contribution in [0.1, 0.15) is 28.4 Å². The highest BCUT2D eigenvalue weighted by Gasteiger charge is 2.17. The fourth-order valence-electron chi connectivity index (χ4n) is 2.02. The number of hydrogen-bond donors (Lipinski definition) is 1. The van der Waals surface area contributed by atoms with Gasteiger partial charge in [0.1, 0.15) is 11.9 Å². The summed E-state index contributed by atoms with van der Waals surface area (Å²) in [6, 6.07) is 9.87. The van der Waals surface area contributed by atoms with E-state index < -0.39 is 11.9 Å². The molecule has 0 aliphatic carbocycles. The fraction of sp³-hybridized carbons (Fsp3) is 0.200. The van der Waals surface area contributed by atoms with E-state index in [0.717, 1.165) is 11.1 Å². The molecule has 0 spiro atoms. The molecule has 0 aliphatic rings. The Hall–Kier alpha value is -1.38. The molecule has 0 aromatic heterocycles. The second-order valence-electron chi connectivity index (χ2n) is 4.43. The van der Waals surface area contributed by atoms with Crippen molar-refractivity contribution in [3.05, 3.63) is 69.5 Å². The lowest BCUT2D eigenvalue weighted by Gasteiger charge is -2.15. The van der Waals surface area contributed by atoms with Crippen molar-refractivity contribution in [1.29, 1.82) is 0 Å². The lowest BCUT2D eigenvalue weighted by Crippen LogP contribution is -2.04. The Balaban J connectivity index is 2.47. The Labute approximate surface area is 111 Å². The molecule has 3 heteroatoms. The Bertz CT molecular complexity index is 581. The summed E-state index contributed by atoms with van der Waals surface area (Å²) < 4.78 is 13.7. The third kappa shape index (κ3) is 2.55. The number of halogens is 2. The fourth-order valence-corrected chi connectivity index (χ4v) is 2.20. The first-order valence-electron chi connectivity index (χ1n) is 5.69. The minimum atomic E-state index is -0.996. The molecule has 0 bridgehead atoms. The van der Waals surface area contributed by atoms with E-state index >= 15 is 0 Å². The minimum absolute atomic E-state index is 0.203. The van der Waals surface area contributed by atoms with Gasteiger partial charge in [0.05, 0.1) is 0 Å². The van der Waals surface area contributed by atoms with Crippen LogP contribution < -0.4 is 0 Å². The topological polar surface area (TPSA) is 20.2 Å². The number of aliphatic hydroxyl groups is 1. The molecule has 0 heterocycles. The standard InChI is InChI=1S/C15H14ClFO/c1-9-3-5-12(10(2)7-9)15(18)13-8-11(16)4-6-14(13)17/h3-8,15,18H,1-2H3. The molecule has 0 saturated heterocycles. The van der Waals surface area contributed by atoms with Gasteiger partial charge in [-0.05, 0) is 43.2 Å². The van der Waals surface area contributed by atoms with Crippen LogP contribution in [0.3, 0.4) is 0 Å². The van der Waals surface area contributed by atoms with Crippen LogP contribution in [0.5, 0.6) is 0 Å². The van der Waals surface area contributed by atoms with Crippen molar-refractivity contribution < 1.29 is 9.50 Å². The summed E-state index contributed by atoms with van der Waals surface area (Å²) in [6.07, 6.45) is -0.996. The van der Waals surface area contributed by atoms with Crippen molar-refractivity contribution in [2.45, 2.75) is 20.0 Å². The van der Waals surface area contributed by atoms with E-state index in [1.165, 1.54) is 18.2 Å². The van der Waals surface area contributed by atoms with E-state index in [2.05, 4.69) is 0 Å². The smallest absolute Gasteiger partial charge is 0.129 e. The molecule has 2 aromatic carbocycles. The molecule has 2 rings (SSSR count). The third-order valence-electron chi connectivity index (χ3n) is 2.97. The van der Waals surface area contributed by atoms with Gasteiger partial charge in [-0.3, -0.25) is 0 Å². The van der Waals surface area contributed by atoms with Gasteiger partial charge in [0.2, 0.25) is 0 Å². The second-order valence-corrected chi connectivity index (χ2v) is 4.86. The Morgan fingerprint density at radius 1 is 1.06 bits per heavy atom. The van der Waals surface area contributed by atoms with Gasteiger partial charge in [0.15, 0.2) is 0 Å². The van der Waals surface area contributed by atoms with Gasteiger partial charge in [-0.1, -0.05) is 35.4 Å². The van der Waals surface area contributed by atoms with Gasteiger partial charge in [-0.25, -0.2) is 4.39 Å². The van der Waals surface area contributed by atoms with Crippen LogP contribution in [-0.2, 0) is 0 Å². The molecule has 0 fully saturated rings. The van der Waals surface area contributed by atoms with E-state index in [1.807, 2.05) is 32.0 Å². The van der Waals surface area contributed by atoms with E-state index in [9.17, 15) is 9.50 Å². The van der Waals surface area contributed by atoms with Gasteiger partial charge >= 0.3 is 0 Å². The predicted octanol–water partition coefficient (Wildman–Crippen LogP) is 4.18. The first kappa shape index (κ1) is 13.1. The molecule has 1 unspecified atom stereocenters. The quantitative estimate of drug-likeness (QED) is 0.863. The van der Waals surface area contributed by atoms with Crippen LogP contribution in [0, 0.1) is 19.7 Å². The van der Waals surface area contributed by atoms with Gasteiger partial charge in [-0.15, -0.1) is 0 Å². The molecular weight excluding hydrogens is 251 g/mol. The van der Waals surface area contributed by atoms with Gasteiger partial charge < -0.3 is 5.11 Å². The van der Waals surface area contributed by atoms with E-state index in [-0.39, 0.29) is 5.56 Å². The minimum Gasteiger partial charge on any atom is -0.384 e. The maximum atomic E-state index is 13.7. The van der Waals surface area contributed by atoms with Crippen molar-refractivity contribution in [2.24, 2.45) is 0 Å². The van der Waals surface area contributed by atoms with Crippen molar-refractivity contribution in [1.82, 2.24) is 0 Å². The van der Waals surface area contributed by atoms with Gasteiger partial charge in [-0.2, -0.15) is 0 Å². The van der Waals surface area contributed by atoms with Crippen LogP contribution in [-0.4, -0.2) is 5.11 Å². The number of hydrogen-bond acceptors (Lipinski definition) is 1. The van der Waals surface area contributed by atoms with Crippen molar-refractivity contribution in [3.63, 3.8) is 0 Å². The summed E-state index contributed by atoms with van der Waals surface area (Å²) in [4.78, 5) is 0. The lowest BCUT2D eigenvalue weighted by atomic mass is 9.96. The van der Waals surface area contributed by atoms with Crippen LogP contribution in [0.4, 0.5) is 4.39 Å². The Morgan fingerprint density at radius 3 is 2.44 bits per heavy atom. The zero-order valence-corrected chi connectivity index (χ0v) is 11.0. The largest absolute Gasteiger partial charge is 0.384 e. The molecule has 0 aliphatic heterocycles. The van der Waals surface area contributed by atoms with Crippen molar-refractivity contribution >= 4 is 11.6 Å². The molecule has 1 nitrogen and oxygen atoms in total. The molecule has 18 heavy (non-hydrogen) atoms. The average molecular weight is 265 g/mol. The highest BCUT2D eigenvalue weighted by molar-refractivity contribution is 6.30. The van der Waals surface area contributed by atoms with E-state index in [0.29, 0.717) is 10.6 Å². The number of benzene rings is 2. The van der Waals surface area contributed by atoms with E-state index in [4.69, 9.17) is 11.6 Å². The average Bonchev–Trinajstić information content (AvgIpc) is 2.31. The normalized spacial score (nSPS) is 12.5. The summed E-state index contributed by atoms with van der Waals surface area (Å²) in [6.45, 7) is 3.87. The van der Waals surface area contributed by atoms with Crippen LogP contribution >= 0.6 is 11.6 Å². The second kappa shape index (κ2) is 5.09. The molecular formula is C15H14ClFO. The molecule has 0 amide bonds. The summed E-state index contributed by atoms with van der Waals surface area (Å²) >= 11 is 5.84. The maximum absolute atomic E-state index is 13.7. The zero-order valence-electron chi connectivity index (χ0n) is 10.2. The van der Waals surface area contributed by atoms with Crippen molar-refractivity contribution in [2.75, 3.05) is 0 Å². The number of aryl methyl sites for hydroxylation is 2. The summed E-state index contributed by atoms with van der Waals surface area (Å²) in [5, 5.41) is 10.7. The highest BCUT2D eigenvalue weighted by atomic mass is 35.5. The number of aliphatic hydroxyl groups excluding tert-OH is 1. The molecule has 2 aromatic rings. The van der Waals surface area contributed by atoms with Gasteiger partial charge in [0, 0.05) is 10.6 Å². The monoisotopic (exact) mass is 264 g/mol. The van der Waals surface area contributed by atoms with Crippen LogP contribution in [0.2, 0.25) is 5.02 Å². The van der Waals surface area contributed by atoms with Crippen LogP contribution in [0.15, 0.2) is 36.4 Å². The molecule has 0 saturated carbocycles. The van der Waals surface area contributed by atoms with Crippen molar-refractivity contribution in [3.8, 4) is 0 Å².